The summed E-state index contributed by atoms with van der Waals surface area (Å²) in [6.45, 7) is 5.08. The summed E-state index contributed by atoms with van der Waals surface area (Å²) < 4.78 is 12.3. The standard InChI is InChI=1S/C28H30N4O5S2/c1-5-37-27(35)19-7-6-12-31(16-19)24-21(17(2)22(14-29)25(33)30(24)3)13-23-26(34)32(28(38)39-23)15-18-8-10-20(36-4)11-9-18/h8-11,13,19H,5-7,12,15-16H2,1-4H3/b23-13+. The Morgan fingerprint density at radius 1 is 1.28 bits per heavy atom. The number of anilines is 1. The second kappa shape index (κ2) is 12.1. The summed E-state index contributed by atoms with van der Waals surface area (Å²) in [7, 11) is 3.20. The Labute approximate surface area is 237 Å². The van der Waals surface area contributed by atoms with Crippen molar-refractivity contribution in [2.24, 2.45) is 13.0 Å². The van der Waals surface area contributed by atoms with E-state index >= 15 is 0 Å². The van der Waals surface area contributed by atoms with Gasteiger partial charge in [0, 0.05) is 25.7 Å². The Balaban J connectivity index is 1.73. The number of nitriles is 1. The van der Waals surface area contributed by atoms with Gasteiger partial charge in [0.2, 0.25) is 0 Å². The van der Waals surface area contributed by atoms with E-state index in [1.807, 2.05) is 35.2 Å². The summed E-state index contributed by atoms with van der Waals surface area (Å²) in [5.74, 6) is 0.434. The number of esters is 1. The van der Waals surface area contributed by atoms with Crippen LogP contribution in [0.3, 0.4) is 0 Å². The number of carbonyl (C=O) groups is 2. The molecule has 0 aliphatic carbocycles. The molecule has 1 amide bonds. The first-order valence-corrected chi connectivity index (χ1v) is 13.9. The van der Waals surface area contributed by atoms with Crippen molar-refractivity contribution in [1.29, 1.82) is 5.26 Å². The summed E-state index contributed by atoms with van der Waals surface area (Å²) in [6.07, 6.45) is 3.14. The first kappa shape index (κ1) is 28.4. The Kier molecular flexibility index (Phi) is 8.77. The van der Waals surface area contributed by atoms with Crippen molar-refractivity contribution in [3.05, 3.63) is 61.8 Å². The van der Waals surface area contributed by atoms with Crippen molar-refractivity contribution in [1.82, 2.24) is 9.47 Å². The van der Waals surface area contributed by atoms with Crippen LogP contribution in [0, 0.1) is 24.2 Å². The van der Waals surface area contributed by atoms with Crippen molar-refractivity contribution < 1.29 is 19.1 Å². The largest absolute Gasteiger partial charge is 0.497 e. The average molecular weight is 567 g/mol. The monoisotopic (exact) mass is 566 g/mol. The van der Waals surface area contributed by atoms with Crippen molar-refractivity contribution >= 4 is 52.1 Å². The van der Waals surface area contributed by atoms with Crippen molar-refractivity contribution in [2.75, 3.05) is 31.7 Å². The van der Waals surface area contributed by atoms with Crippen molar-refractivity contribution in [2.45, 2.75) is 33.2 Å². The fraction of sp³-hybridized carbons (Fsp3) is 0.393. The van der Waals surface area contributed by atoms with E-state index in [2.05, 4.69) is 0 Å². The summed E-state index contributed by atoms with van der Waals surface area (Å²) in [4.78, 5) is 43.0. The molecule has 39 heavy (non-hydrogen) atoms. The second-order valence-electron chi connectivity index (χ2n) is 9.37. The zero-order valence-corrected chi connectivity index (χ0v) is 24.0. The molecular formula is C28H30N4O5S2. The molecule has 9 nitrogen and oxygen atoms in total. The Bertz CT molecular complexity index is 1440. The van der Waals surface area contributed by atoms with Crippen LogP contribution in [-0.4, -0.2) is 52.5 Å². The molecular weight excluding hydrogens is 536 g/mol. The van der Waals surface area contributed by atoms with E-state index in [4.69, 9.17) is 21.7 Å². The molecule has 0 bridgehead atoms. The smallest absolute Gasteiger partial charge is 0.310 e. The van der Waals surface area contributed by atoms with Gasteiger partial charge in [-0.2, -0.15) is 5.26 Å². The Morgan fingerprint density at radius 3 is 2.64 bits per heavy atom. The minimum absolute atomic E-state index is 0.0140. The lowest BCUT2D eigenvalue weighted by Gasteiger charge is -2.35. The topological polar surface area (TPSA) is 105 Å². The van der Waals surface area contributed by atoms with Crippen LogP contribution in [0.2, 0.25) is 0 Å². The molecule has 4 rings (SSSR count). The van der Waals surface area contributed by atoms with Gasteiger partial charge in [-0.1, -0.05) is 36.1 Å². The normalized spacial score (nSPS) is 18.4. The van der Waals surface area contributed by atoms with Crippen LogP contribution >= 0.6 is 24.0 Å². The number of carbonyl (C=O) groups excluding carboxylic acids is 2. The molecule has 2 aromatic rings. The Morgan fingerprint density at radius 2 is 2.00 bits per heavy atom. The van der Waals surface area contributed by atoms with Gasteiger partial charge in [0.05, 0.1) is 31.1 Å². The van der Waals surface area contributed by atoms with Gasteiger partial charge in [-0.15, -0.1) is 0 Å². The van der Waals surface area contributed by atoms with E-state index in [9.17, 15) is 19.6 Å². The number of piperidine rings is 1. The van der Waals surface area contributed by atoms with E-state index in [-0.39, 0.29) is 23.4 Å². The van der Waals surface area contributed by atoms with E-state index in [1.165, 1.54) is 21.2 Å². The third kappa shape index (κ3) is 5.72. The van der Waals surface area contributed by atoms with Crippen molar-refractivity contribution in [3.63, 3.8) is 0 Å². The quantitative estimate of drug-likeness (QED) is 0.281. The molecule has 2 aliphatic heterocycles. The molecule has 11 heteroatoms. The molecule has 0 radical (unpaired) electrons. The first-order valence-electron chi connectivity index (χ1n) is 12.6. The van der Waals surface area contributed by atoms with Crippen LogP contribution in [0.5, 0.6) is 5.75 Å². The molecule has 204 valence electrons. The molecule has 1 atom stereocenters. The molecule has 0 saturated carbocycles. The van der Waals surface area contributed by atoms with E-state index in [0.29, 0.717) is 58.8 Å². The van der Waals surface area contributed by atoms with Gasteiger partial charge in [0.15, 0.2) is 0 Å². The summed E-state index contributed by atoms with van der Waals surface area (Å²) in [6, 6.07) is 9.44. The van der Waals surface area contributed by atoms with Crippen LogP contribution in [0.15, 0.2) is 34.0 Å². The predicted octanol–water partition coefficient (Wildman–Crippen LogP) is 3.75. The average Bonchev–Trinajstić information content (AvgIpc) is 3.20. The number of aromatic nitrogens is 1. The number of hydrogen-bond acceptors (Lipinski definition) is 9. The van der Waals surface area contributed by atoms with E-state index in [1.54, 1.807) is 34.1 Å². The van der Waals surface area contributed by atoms with E-state index in [0.717, 1.165) is 17.7 Å². The third-order valence-corrected chi connectivity index (χ3v) is 8.34. The van der Waals surface area contributed by atoms with Gasteiger partial charge in [0.1, 0.15) is 27.5 Å². The molecule has 2 fully saturated rings. The number of rotatable bonds is 7. The minimum atomic E-state index is -0.424. The maximum absolute atomic E-state index is 13.5. The summed E-state index contributed by atoms with van der Waals surface area (Å²) in [5.41, 5.74) is 1.56. The Hall–Kier alpha value is -3.62. The summed E-state index contributed by atoms with van der Waals surface area (Å²) >= 11 is 6.73. The van der Waals surface area contributed by atoms with Crippen LogP contribution < -0.4 is 15.2 Å². The highest BCUT2D eigenvalue weighted by Crippen LogP contribution is 2.37. The second-order valence-corrected chi connectivity index (χ2v) is 11.0. The molecule has 2 aliphatic rings. The molecule has 1 aromatic carbocycles. The molecule has 1 aromatic heterocycles. The molecule has 0 N–H and O–H groups in total. The fourth-order valence-electron chi connectivity index (χ4n) is 4.90. The highest BCUT2D eigenvalue weighted by atomic mass is 32.2. The molecule has 1 unspecified atom stereocenters. The fourth-order valence-corrected chi connectivity index (χ4v) is 6.13. The van der Waals surface area contributed by atoms with Gasteiger partial charge >= 0.3 is 5.97 Å². The highest BCUT2D eigenvalue weighted by Gasteiger charge is 2.34. The van der Waals surface area contributed by atoms with Gasteiger partial charge in [-0.3, -0.25) is 23.9 Å². The number of hydrogen-bond donors (Lipinski definition) is 0. The lowest BCUT2D eigenvalue weighted by Crippen LogP contribution is -2.42. The number of benzene rings is 1. The van der Waals surface area contributed by atoms with Crippen LogP contribution in [-0.2, 0) is 27.9 Å². The molecule has 2 saturated heterocycles. The lowest BCUT2D eigenvalue weighted by molar-refractivity contribution is -0.148. The van der Waals surface area contributed by atoms with Crippen LogP contribution in [0.1, 0.15) is 42.0 Å². The zero-order valence-electron chi connectivity index (χ0n) is 22.4. The number of pyridine rings is 1. The van der Waals surface area contributed by atoms with Gasteiger partial charge in [-0.25, -0.2) is 0 Å². The van der Waals surface area contributed by atoms with Gasteiger partial charge in [-0.05, 0) is 56.0 Å². The predicted molar refractivity (Wildman–Crippen MR) is 154 cm³/mol. The maximum Gasteiger partial charge on any atom is 0.310 e. The van der Waals surface area contributed by atoms with E-state index < -0.39 is 5.56 Å². The minimum Gasteiger partial charge on any atom is -0.497 e. The molecule has 0 spiro atoms. The SMILES string of the molecule is CCOC(=O)C1CCCN(c2c(/C=C3/SC(=S)N(Cc4ccc(OC)cc4)C3=O)c(C)c(C#N)c(=O)n2C)C1. The number of thioether (sulfide) groups is 1. The van der Waals surface area contributed by atoms with Crippen LogP contribution in [0.4, 0.5) is 5.82 Å². The maximum atomic E-state index is 13.5. The van der Waals surface area contributed by atoms with Crippen LogP contribution in [0.25, 0.3) is 6.08 Å². The highest BCUT2D eigenvalue weighted by molar-refractivity contribution is 8.26. The third-order valence-electron chi connectivity index (χ3n) is 6.96. The number of amides is 1. The lowest BCUT2D eigenvalue weighted by atomic mass is 9.96. The summed E-state index contributed by atoms with van der Waals surface area (Å²) in [5, 5.41) is 9.75. The van der Waals surface area contributed by atoms with Crippen molar-refractivity contribution in [3.8, 4) is 11.8 Å². The number of ether oxygens (including phenoxy) is 2. The number of thiocarbonyl (C=S) groups is 1. The molecule has 3 heterocycles. The first-order chi connectivity index (χ1) is 18.7. The number of methoxy groups -OCH3 is 1. The zero-order chi connectivity index (χ0) is 28.3. The van der Waals surface area contributed by atoms with Gasteiger partial charge in [0.25, 0.3) is 11.5 Å². The number of nitrogens with zero attached hydrogens (tertiary/aromatic N) is 4. The van der Waals surface area contributed by atoms with Gasteiger partial charge < -0.3 is 14.4 Å².